The molecule has 0 spiro atoms. The van der Waals surface area contributed by atoms with Gasteiger partial charge in [-0.15, -0.1) is 0 Å². The maximum atomic E-state index is 9.76. The molecular formula is C11H11NOS. The molecule has 0 fully saturated rings. The van der Waals surface area contributed by atoms with E-state index in [2.05, 4.69) is 5.32 Å². The van der Waals surface area contributed by atoms with Crippen molar-refractivity contribution in [2.24, 2.45) is 0 Å². The van der Waals surface area contributed by atoms with Crippen LogP contribution in [-0.4, -0.2) is 5.11 Å². The molecule has 3 heteroatoms. The fourth-order valence-corrected chi connectivity index (χ4v) is 1.89. The van der Waals surface area contributed by atoms with E-state index in [1.54, 1.807) is 11.3 Å². The zero-order valence-electron chi connectivity index (χ0n) is 7.55. The van der Waals surface area contributed by atoms with Crippen LogP contribution in [0, 0.1) is 0 Å². The zero-order chi connectivity index (χ0) is 9.80. The monoisotopic (exact) mass is 205 g/mol. The average molecular weight is 205 g/mol. The summed E-state index contributed by atoms with van der Waals surface area (Å²) in [6.07, 6.45) is -0.622. The van der Waals surface area contributed by atoms with E-state index in [1.807, 2.05) is 47.2 Å². The summed E-state index contributed by atoms with van der Waals surface area (Å²) in [6.45, 7) is 0. The first kappa shape index (κ1) is 9.24. The Balaban J connectivity index is 2.06. The van der Waals surface area contributed by atoms with Crippen molar-refractivity contribution in [1.29, 1.82) is 0 Å². The third-order valence-corrected chi connectivity index (χ3v) is 2.64. The topological polar surface area (TPSA) is 32.3 Å². The van der Waals surface area contributed by atoms with E-state index in [0.717, 1.165) is 11.3 Å². The first-order valence-corrected chi connectivity index (χ1v) is 5.32. The third kappa shape index (κ3) is 2.13. The Kier molecular flexibility index (Phi) is 2.81. The highest BCUT2D eigenvalue weighted by Crippen LogP contribution is 2.18. The standard InChI is InChI=1S/C11H11NOS/c13-11(9-6-7-14-8-9)12-10-4-2-1-3-5-10/h1-8,11-13H. The van der Waals surface area contributed by atoms with Crippen LogP contribution in [0.3, 0.4) is 0 Å². The van der Waals surface area contributed by atoms with E-state index in [1.165, 1.54) is 0 Å². The summed E-state index contributed by atoms with van der Waals surface area (Å²) in [4.78, 5) is 0. The smallest absolute Gasteiger partial charge is 0.151 e. The summed E-state index contributed by atoms with van der Waals surface area (Å²) in [6, 6.07) is 11.6. The lowest BCUT2D eigenvalue weighted by Crippen LogP contribution is -2.08. The molecule has 2 rings (SSSR count). The Morgan fingerprint density at radius 2 is 1.93 bits per heavy atom. The molecule has 0 aliphatic carbocycles. The van der Waals surface area contributed by atoms with E-state index in [-0.39, 0.29) is 0 Å². The van der Waals surface area contributed by atoms with Crippen LogP contribution >= 0.6 is 11.3 Å². The summed E-state index contributed by atoms with van der Waals surface area (Å²) >= 11 is 1.58. The fourth-order valence-electron chi connectivity index (χ4n) is 1.21. The number of rotatable bonds is 3. The molecule has 0 saturated carbocycles. The molecule has 0 amide bonds. The van der Waals surface area contributed by atoms with Gasteiger partial charge in [-0.05, 0) is 29.0 Å². The van der Waals surface area contributed by atoms with Gasteiger partial charge in [0.1, 0.15) is 0 Å². The first-order chi connectivity index (χ1) is 6.86. The average Bonchev–Trinajstić information content (AvgIpc) is 2.72. The van der Waals surface area contributed by atoms with Gasteiger partial charge in [-0.3, -0.25) is 0 Å². The van der Waals surface area contributed by atoms with Crippen LogP contribution in [0.1, 0.15) is 11.8 Å². The Morgan fingerprint density at radius 3 is 2.57 bits per heavy atom. The van der Waals surface area contributed by atoms with Crippen LogP contribution in [0.4, 0.5) is 5.69 Å². The summed E-state index contributed by atoms with van der Waals surface area (Å²) < 4.78 is 0. The zero-order valence-corrected chi connectivity index (χ0v) is 8.37. The number of hydrogen-bond acceptors (Lipinski definition) is 3. The van der Waals surface area contributed by atoms with Gasteiger partial charge in [-0.1, -0.05) is 18.2 Å². The molecule has 72 valence electrons. The normalized spacial score (nSPS) is 12.4. The Labute approximate surface area is 86.8 Å². The van der Waals surface area contributed by atoms with Crippen LogP contribution in [0.5, 0.6) is 0 Å². The van der Waals surface area contributed by atoms with Gasteiger partial charge in [0.05, 0.1) is 0 Å². The van der Waals surface area contributed by atoms with Crippen molar-refractivity contribution in [2.45, 2.75) is 6.23 Å². The van der Waals surface area contributed by atoms with Gasteiger partial charge in [0.2, 0.25) is 0 Å². The van der Waals surface area contributed by atoms with Crippen molar-refractivity contribution < 1.29 is 5.11 Å². The number of hydrogen-bond donors (Lipinski definition) is 2. The lowest BCUT2D eigenvalue weighted by Gasteiger charge is -2.12. The van der Waals surface area contributed by atoms with Crippen LogP contribution in [0.2, 0.25) is 0 Å². The molecule has 1 aromatic heterocycles. The Bertz CT molecular complexity index is 371. The lowest BCUT2D eigenvalue weighted by atomic mass is 10.2. The van der Waals surface area contributed by atoms with Gasteiger partial charge in [-0.25, -0.2) is 0 Å². The molecule has 0 radical (unpaired) electrons. The third-order valence-electron chi connectivity index (χ3n) is 1.94. The van der Waals surface area contributed by atoms with Gasteiger partial charge in [-0.2, -0.15) is 11.3 Å². The van der Waals surface area contributed by atoms with Gasteiger partial charge in [0, 0.05) is 11.3 Å². The number of anilines is 1. The quantitative estimate of drug-likeness (QED) is 0.755. The van der Waals surface area contributed by atoms with E-state index in [4.69, 9.17) is 0 Å². The number of thiophene rings is 1. The molecule has 0 bridgehead atoms. The molecule has 14 heavy (non-hydrogen) atoms. The van der Waals surface area contributed by atoms with Crippen molar-refractivity contribution in [1.82, 2.24) is 0 Å². The maximum absolute atomic E-state index is 9.76. The van der Waals surface area contributed by atoms with Crippen LogP contribution in [0.25, 0.3) is 0 Å². The minimum Gasteiger partial charge on any atom is -0.369 e. The predicted molar refractivity (Wildman–Crippen MR) is 59.3 cm³/mol. The predicted octanol–water partition coefficient (Wildman–Crippen LogP) is 2.85. The highest BCUT2D eigenvalue weighted by atomic mass is 32.1. The van der Waals surface area contributed by atoms with Gasteiger partial charge < -0.3 is 10.4 Å². The number of para-hydroxylation sites is 1. The molecule has 1 atom stereocenters. The van der Waals surface area contributed by atoms with Crippen LogP contribution in [-0.2, 0) is 0 Å². The molecule has 1 unspecified atom stereocenters. The van der Waals surface area contributed by atoms with Gasteiger partial charge >= 0.3 is 0 Å². The second-order valence-electron chi connectivity index (χ2n) is 2.97. The van der Waals surface area contributed by atoms with Crippen molar-refractivity contribution >= 4 is 17.0 Å². The summed E-state index contributed by atoms with van der Waals surface area (Å²) in [7, 11) is 0. The summed E-state index contributed by atoms with van der Waals surface area (Å²) in [5.74, 6) is 0. The van der Waals surface area contributed by atoms with Crippen LogP contribution in [0.15, 0.2) is 47.2 Å². The molecule has 2 aromatic rings. The van der Waals surface area contributed by atoms with Gasteiger partial charge in [0.25, 0.3) is 0 Å². The second-order valence-corrected chi connectivity index (χ2v) is 3.75. The van der Waals surface area contributed by atoms with Crippen molar-refractivity contribution in [2.75, 3.05) is 5.32 Å². The van der Waals surface area contributed by atoms with E-state index in [9.17, 15) is 5.11 Å². The highest BCUT2D eigenvalue weighted by molar-refractivity contribution is 7.07. The second kappa shape index (κ2) is 4.26. The molecule has 0 aliphatic heterocycles. The first-order valence-electron chi connectivity index (χ1n) is 4.38. The number of aliphatic hydroxyl groups is 1. The lowest BCUT2D eigenvalue weighted by molar-refractivity contribution is 0.209. The minimum absolute atomic E-state index is 0.622. The highest BCUT2D eigenvalue weighted by Gasteiger charge is 2.05. The minimum atomic E-state index is -0.622. The summed E-state index contributed by atoms with van der Waals surface area (Å²) in [5.41, 5.74) is 1.82. The molecule has 0 saturated heterocycles. The van der Waals surface area contributed by atoms with Crippen molar-refractivity contribution in [3.8, 4) is 0 Å². The SMILES string of the molecule is OC(Nc1ccccc1)c1ccsc1. The molecule has 1 heterocycles. The molecule has 0 aliphatic rings. The molecule has 1 aromatic carbocycles. The Hall–Kier alpha value is -1.32. The Morgan fingerprint density at radius 1 is 1.14 bits per heavy atom. The molecular weight excluding hydrogens is 194 g/mol. The van der Waals surface area contributed by atoms with Gasteiger partial charge in [0.15, 0.2) is 6.23 Å². The number of benzene rings is 1. The fraction of sp³-hybridized carbons (Fsp3) is 0.0909. The molecule has 2 nitrogen and oxygen atoms in total. The number of aliphatic hydroxyl groups excluding tert-OH is 1. The van der Waals surface area contributed by atoms with Crippen molar-refractivity contribution in [3.63, 3.8) is 0 Å². The largest absolute Gasteiger partial charge is 0.369 e. The number of nitrogens with one attached hydrogen (secondary N) is 1. The summed E-state index contributed by atoms with van der Waals surface area (Å²) in [5, 5.41) is 16.6. The van der Waals surface area contributed by atoms with Crippen molar-refractivity contribution in [3.05, 3.63) is 52.7 Å². The van der Waals surface area contributed by atoms with Crippen LogP contribution < -0.4 is 5.32 Å². The molecule has 2 N–H and O–H groups in total. The van der Waals surface area contributed by atoms with E-state index in [0.29, 0.717) is 0 Å². The maximum Gasteiger partial charge on any atom is 0.151 e. The van der Waals surface area contributed by atoms with E-state index >= 15 is 0 Å². The van der Waals surface area contributed by atoms with E-state index < -0.39 is 6.23 Å².